The number of thioether (sulfide) groups is 1. The number of aliphatic hydroxyl groups excluding tert-OH is 1. The fourth-order valence-corrected chi connectivity index (χ4v) is 5.21. The van der Waals surface area contributed by atoms with Crippen molar-refractivity contribution in [2.75, 3.05) is 24.3 Å². The van der Waals surface area contributed by atoms with Crippen LogP contribution in [-0.2, 0) is 11.0 Å². The molecule has 2 aromatic carbocycles. The maximum atomic E-state index is 13.5. The molecule has 2 aliphatic rings. The first-order valence-corrected chi connectivity index (χ1v) is 11.4. The Morgan fingerprint density at radius 3 is 2.62 bits per heavy atom. The number of nitriles is 1. The monoisotopic (exact) mass is 487 g/mol. The molecular weight excluding hydrogens is 467 g/mol. The smallest absolute Gasteiger partial charge is 0.396 e. The van der Waals surface area contributed by atoms with Gasteiger partial charge in [-0.05, 0) is 42.3 Å². The largest absolute Gasteiger partial charge is 0.416 e. The molecule has 34 heavy (non-hydrogen) atoms. The first-order chi connectivity index (χ1) is 16.2. The summed E-state index contributed by atoms with van der Waals surface area (Å²) >= 11 is 1.30. The molecule has 2 amide bonds. The Balaban J connectivity index is 1.87. The van der Waals surface area contributed by atoms with Crippen LogP contribution in [0.25, 0.3) is 0 Å². The normalized spacial score (nSPS) is 18.4. The summed E-state index contributed by atoms with van der Waals surface area (Å²) in [5.74, 6) is 0.168. The van der Waals surface area contributed by atoms with Crippen molar-refractivity contribution in [2.45, 2.75) is 30.0 Å². The van der Waals surface area contributed by atoms with Crippen LogP contribution in [0, 0.1) is 11.3 Å². The fraction of sp³-hybridized carbons (Fsp3) is 0.292. The van der Waals surface area contributed by atoms with Crippen molar-refractivity contribution < 1.29 is 27.9 Å². The SMILES string of the molecule is CN1C(=O)N(c2cccc(C(F)(F)F)c2)C2=C(C(=O)CC2)C1c1ccc(C#N)cc1SCCO. The van der Waals surface area contributed by atoms with Crippen molar-refractivity contribution in [3.05, 3.63) is 70.4 Å². The molecule has 1 N–H and O–H groups in total. The van der Waals surface area contributed by atoms with Gasteiger partial charge >= 0.3 is 12.2 Å². The summed E-state index contributed by atoms with van der Waals surface area (Å²) in [7, 11) is 1.50. The molecule has 0 bridgehead atoms. The number of hydrogen-bond acceptors (Lipinski definition) is 5. The van der Waals surface area contributed by atoms with Crippen molar-refractivity contribution in [3.63, 3.8) is 0 Å². The molecule has 0 fully saturated rings. The van der Waals surface area contributed by atoms with Gasteiger partial charge in [0.05, 0.1) is 35.5 Å². The average Bonchev–Trinajstić information content (AvgIpc) is 3.19. The lowest BCUT2D eigenvalue weighted by molar-refractivity contribution is -0.137. The van der Waals surface area contributed by atoms with Crippen LogP contribution < -0.4 is 4.90 Å². The van der Waals surface area contributed by atoms with Gasteiger partial charge in [-0.25, -0.2) is 4.79 Å². The Morgan fingerprint density at radius 1 is 1.18 bits per heavy atom. The minimum atomic E-state index is -4.58. The second-order valence-electron chi connectivity index (χ2n) is 7.90. The minimum Gasteiger partial charge on any atom is -0.396 e. The summed E-state index contributed by atoms with van der Waals surface area (Å²) in [5.41, 5.74) is 0.923. The zero-order chi connectivity index (χ0) is 24.6. The van der Waals surface area contributed by atoms with E-state index in [9.17, 15) is 33.1 Å². The van der Waals surface area contributed by atoms with Crippen molar-refractivity contribution in [3.8, 4) is 6.07 Å². The lowest BCUT2D eigenvalue weighted by atomic mass is 9.92. The zero-order valence-electron chi connectivity index (χ0n) is 18.1. The van der Waals surface area contributed by atoms with E-state index >= 15 is 0 Å². The lowest BCUT2D eigenvalue weighted by Crippen LogP contribution is -2.48. The predicted octanol–water partition coefficient (Wildman–Crippen LogP) is 4.89. The third kappa shape index (κ3) is 4.17. The van der Waals surface area contributed by atoms with Crippen LogP contribution in [0.1, 0.15) is 35.6 Å². The van der Waals surface area contributed by atoms with E-state index in [1.807, 2.05) is 0 Å². The molecule has 1 heterocycles. The molecule has 176 valence electrons. The molecule has 1 aliphatic carbocycles. The van der Waals surface area contributed by atoms with Crippen molar-refractivity contribution in [1.29, 1.82) is 5.26 Å². The highest BCUT2D eigenvalue weighted by Gasteiger charge is 2.45. The highest BCUT2D eigenvalue weighted by atomic mass is 32.2. The van der Waals surface area contributed by atoms with Crippen molar-refractivity contribution in [1.82, 2.24) is 4.90 Å². The van der Waals surface area contributed by atoms with Crippen LogP contribution in [0.3, 0.4) is 0 Å². The Bertz CT molecular complexity index is 1240. The second kappa shape index (κ2) is 9.16. The van der Waals surface area contributed by atoms with Gasteiger partial charge in [-0.1, -0.05) is 12.1 Å². The number of aliphatic hydroxyl groups is 1. The molecule has 0 radical (unpaired) electrons. The number of ketones is 1. The molecule has 0 aromatic heterocycles. The minimum absolute atomic E-state index is 0.0435. The number of benzene rings is 2. The van der Waals surface area contributed by atoms with Crippen LogP contribution in [0.4, 0.5) is 23.7 Å². The maximum absolute atomic E-state index is 13.5. The van der Waals surface area contributed by atoms with Gasteiger partial charge in [0.15, 0.2) is 5.78 Å². The number of allylic oxidation sites excluding steroid dienone is 1. The predicted molar refractivity (Wildman–Crippen MR) is 120 cm³/mol. The van der Waals surface area contributed by atoms with E-state index in [0.717, 1.165) is 12.1 Å². The van der Waals surface area contributed by atoms with Crippen molar-refractivity contribution in [2.24, 2.45) is 0 Å². The number of urea groups is 1. The molecule has 1 unspecified atom stereocenters. The van der Waals surface area contributed by atoms with Gasteiger partial charge in [0, 0.05) is 35.4 Å². The molecule has 2 aromatic rings. The number of Topliss-reactive ketones (excluding diaryl/α,β-unsaturated/α-hetero) is 1. The van der Waals surface area contributed by atoms with Crippen LogP contribution in [0.15, 0.2) is 58.6 Å². The first kappa shape index (κ1) is 23.9. The number of halogens is 3. The lowest BCUT2D eigenvalue weighted by Gasteiger charge is -2.41. The summed E-state index contributed by atoms with van der Waals surface area (Å²) in [4.78, 5) is 29.7. The van der Waals surface area contributed by atoms with Gasteiger partial charge in [-0.15, -0.1) is 11.8 Å². The highest BCUT2D eigenvalue weighted by Crippen LogP contribution is 2.46. The Kier molecular flexibility index (Phi) is 6.43. The quantitative estimate of drug-likeness (QED) is 0.607. The van der Waals surface area contributed by atoms with Gasteiger partial charge in [0.25, 0.3) is 0 Å². The molecule has 1 atom stereocenters. The zero-order valence-corrected chi connectivity index (χ0v) is 18.9. The highest BCUT2D eigenvalue weighted by molar-refractivity contribution is 7.99. The standard InChI is InChI=1S/C24H20F3N3O3S/c1-29-22(17-6-5-14(13-28)11-20(17)34-10-9-31)21-18(7-8-19(21)32)30(23(29)33)16-4-2-3-15(12-16)24(25,26)27/h2-6,11-12,22,31H,7-10H2,1H3. The molecule has 1 aliphatic heterocycles. The summed E-state index contributed by atoms with van der Waals surface area (Å²) in [5, 5.41) is 18.6. The van der Waals surface area contributed by atoms with E-state index in [2.05, 4.69) is 6.07 Å². The van der Waals surface area contributed by atoms with E-state index in [0.29, 0.717) is 33.0 Å². The number of rotatable bonds is 5. The number of carbonyl (C=O) groups is 2. The van der Waals surface area contributed by atoms with E-state index < -0.39 is 23.8 Å². The molecular formula is C24H20F3N3O3S. The van der Waals surface area contributed by atoms with E-state index in [1.54, 1.807) is 18.2 Å². The maximum Gasteiger partial charge on any atom is 0.416 e. The van der Waals surface area contributed by atoms with Crippen LogP contribution in [-0.4, -0.2) is 41.2 Å². The number of nitrogens with zero attached hydrogens (tertiary/aromatic N) is 3. The third-order valence-corrected chi connectivity index (χ3v) is 6.89. The molecule has 10 heteroatoms. The van der Waals surface area contributed by atoms with Crippen molar-refractivity contribution >= 4 is 29.3 Å². The Labute approximate surface area is 198 Å². The summed E-state index contributed by atoms with van der Waals surface area (Å²) in [6, 6.07) is 10.2. The van der Waals surface area contributed by atoms with Crippen LogP contribution in [0.2, 0.25) is 0 Å². The number of hydrogen-bond donors (Lipinski definition) is 1. The number of likely N-dealkylation sites (N-methyl/N-ethyl adjacent to an activating group) is 1. The van der Waals surface area contributed by atoms with Gasteiger partial charge in [-0.3, -0.25) is 9.69 Å². The van der Waals surface area contributed by atoms with E-state index in [-0.39, 0.29) is 30.9 Å². The number of anilines is 1. The van der Waals surface area contributed by atoms with Gasteiger partial charge < -0.3 is 10.0 Å². The average molecular weight is 488 g/mol. The van der Waals surface area contributed by atoms with Gasteiger partial charge in [0.1, 0.15) is 0 Å². The summed E-state index contributed by atoms with van der Waals surface area (Å²) in [6.07, 6.45) is -4.20. The Morgan fingerprint density at radius 2 is 1.94 bits per heavy atom. The van der Waals surface area contributed by atoms with E-state index in [4.69, 9.17) is 0 Å². The number of alkyl halides is 3. The number of carbonyl (C=O) groups excluding carboxylic acids is 2. The van der Waals surface area contributed by atoms with Crippen LogP contribution in [0.5, 0.6) is 0 Å². The van der Waals surface area contributed by atoms with Crippen LogP contribution >= 0.6 is 11.8 Å². The fourth-order valence-electron chi connectivity index (χ4n) is 4.34. The third-order valence-electron chi connectivity index (χ3n) is 5.84. The molecule has 0 saturated heterocycles. The molecule has 0 spiro atoms. The molecule has 0 saturated carbocycles. The first-order valence-electron chi connectivity index (χ1n) is 10.5. The molecule has 4 rings (SSSR count). The van der Waals surface area contributed by atoms with Gasteiger partial charge in [-0.2, -0.15) is 18.4 Å². The Hall–Kier alpha value is -3.29. The summed E-state index contributed by atoms with van der Waals surface area (Å²) < 4.78 is 39.9. The van der Waals surface area contributed by atoms with E-state index in [1.165, 1.54) is 40.7 Å². The van der Waals surface area contributed by atoms with Gasteiger partial charge in [0.2, 0.25) is 0 Å². The second-order valence-corrected chi connectivity index (χ2v) is 9.04. The topological polar surface area (TPSA) is 84.6 Å². The summed E-state index contributed by atoms with van der Waals surface area (Å²) in [6.45, 7) is -0.101. The molecule has 6 nitrogen and oxygen atoms in total. The number of amides is 2.